The highest BCUT2D eigenvalue weighted by Gasteiger charge is 2.34. The Morgan fingerprint density at radius 1 is 1.50 bits per heavy atom. The molecule has 0 radical (unpaired) electrons. The summed E-state index contributed by atoms with van der Waals surface area (Å²) in [4.78, 5) is 38.1. The number of amides is 1. The van der Waals surface area contributed by atoms with Crippen LogP contribution in [0.3, 0.4) is 0 Å². The maximum Gasteiger partial charge on any atom is 0.326 e. The Kier molecular flexibility index (Phi) is 3.51. The van der Waals surface area contributed by atoms with E-state index in [1.54, 1.807) is 0 Å². The van der Waals surface area contributed by atoms with Crippen LogP contribution in [0.5, 0.6) is 0 Å². The molecule has 1 aliphatic rings. The molecule has 1 amide bonds. The van der Waals surface area contributed by atoms with Crippen molar-refractivity contribution in [1.29, 1.82) is 0 Å². The molecule has 1 aliphatic heterocycles. The van der Waals surface area contributed by atoms with Gasteiger partial charge in [0.1, 0.15) is 6.04 Å². The van der Waals surface area contributed by atoms with E-state index in [2.05, 4.69) is 20.9 Å². The van der Waals surface area contributed by atoms with Crippen molar-refractivity contribution in [3.63, 3.8) is 0 Å². The third-order valence-corrected chi connectivity index (χ3v) is 3.49. The third-order valence-electron chi connectivity index (χ3n) is 2.90. The molecule has 1 atom stereocenters. The van der Waals surface area contributed by atoms with Crippen LogP contribution in [0, 0.1) is 0 Å². The molecule has 0 aliphatic carbocycles. The summed E-state index contributed by atoms with van der Waals surface area (Å²) in [6.45, 7) is 0.423. The number of hydrogen-bond donors (Lipinski definition) is 2. The van der Waals surface area contributed by atoms with E-state index in [0.717, 1.165) is 0 Å². The van der Waals surface area contributed by atoms with Crippen LogP contribution < -0.4 is 5.56 Å². The van der Waals surface area contributed by atoms with Crippen molar-refractivity contribution in [2.75, 3.05) is 6.54 Å². The standard InChI is InChI=1S/C11H11BrN2O4/c12-7-4-6(5-13-9(7)15)10(16)14-3-1-2-8(14)11(17)18/h4-5,8H,1-3H2,(H,13,15)(H,17,18)/t8-/m0/s1. The van der Waals surface area contributed by atoms with E-state index in [4.69, 9.17) is 5.11 Å². The molecule has 7 heteroatoms. The first-order chi connectivity index (χ1) is 8.50. The van der Waals surface area contributed by atoms with Gasteiger partial charge in [0.2, 0.25) is 0 Å². The largest absolute Gasteiger partial charge is 0.480 e. The summed E-state index contributed by atoms with van der Waals surface area (Å²) in [7, 11) is 0. The predicted octanol–water partition coefficient (Wildman–Crippen LogP) is 0.827. The number of aromatic amines is 1. The second-order valence-electron chi connectivity index (χ2n) is 4.06. The Balaban J connectivity index is 2.28. The zero-order valence-electron chi connectivity index (χ0n) is 9.35. The van der Waals surface area contributed by atoms with Crippen LogP contribution in [-0.4, -0.2) is 39.5 Å². The number of carboxylic acid groups (broad SMARTS) is 1. The van der Waals surface area contributed by atoms with Gasteiger partial charge in [0.05, 0.1) is 10.0 Å². The fourth-order valence-corrected chi connectivity index (χ4v) is 2.37. The molecule has 0 aromatic carbocycles. The highest BCUT2D eigenvalue weighted by Crippen LogP contribution is 2.20. The van der Waals surface area contributed by atoms with E-state index < -0.39 is 12.0 Å². The molecule has 2 rings (SSSR count). The zero-order valence-corrected chi connectivity index (χ0v) is 10.9. The zero-order chi connectivity index (χ0) is 13.3. The van der Waals surface area contributed by atoms with Crippen molar-refractivity contribution in [2.24, 2.45) is 0 Å². The van der Waals surface area contributed by atoms with Crippen molar-refractivity contribution in [1.82, 2.24) is 9.88 Å². The fraction of sp³-hybridized carbons (Fsp3) is 0.364. The molecule has 0 saturated carbocycles. The molecular weight excluding hydrogens is 304 g/mol. The summed E-state index contributed by atoms with van der Waals surface area (Å²) in [5.41, 5.74) is -0.0580. The van der Waals surface area contributed by atoms with Gasteiger partial charge >= 0.3 is 5.97 Å². The number of likely N-dealkylation sites (tertiary alicyclic amines) is 1. The molecule has 2 N–H and O–H groups in total. The van der Waals surface area contributed by atoms with Crippen molar-refractivity contribution in [3.05, 3.63) is 32.7 Å². The van der Waals surface area contributed by atoms with Crippen LogP contribution in [0.1, 0.15) is 23.2 Å². The monoisotopic (exact) mass is 314 g/mol. The van der Waals surface area contributed by atoms with Crippen molar-refractivity contribution >= 4 is 27.8 Å². The Bertz CT molecular complexity index is 554. The van der Waals surface area contributed by atoms with Gasteiger partial charge in [-0.05, 0) is 34.8 Å². The lowest BCUT2D eigenvalue weighted by Crippen LogP contribution is -2.40. The molecule has 0 unspecified atom stereocenters. The fourth-order valence-electron chi connectivity index (χ4n) is 2.01. The number of carboxylic acids is 1. The minimum Gasteiger partial charge on any atom is -0.480 e. The van der Waals surface area contributed by atoms with E-state index in [-0.39, 0.29) is 21.5 Å². The van der Waals surface area contributed by atoms with E-state index in [9.17, 15) is 14.4 Å². The molecule has 1 aromatic heterocycles. The first-order valence-electron chi connectivity index (χ1n) is 5.42. The second-order valence-corrected chi connectivity index (χ2v) is 4.91. The number of carbonyl (C=O) groups is 2. The average molecular weight is 315 g/mol. The Hall–Kier alpha value is -1.63. The van der Waals surface area contributed by atoms with Crippen molar-refractivity contribution in [2.45, 2.75) is 18.9 Å². The number of nitrogens with zero attached hydrogens (tertiary/aromatic N) is 1. The van der Waals surface area contributed by atoms with Crippen molar-refractivity contribution in [3.8, 4) is 0 Å². The third kappa shape index (κ3) is 2.31. The van der Waals surface area contributed by atoms with Gasteiger partial charge in [0, 0.05) is 12.7 Å². The van der Waals surface area contributed by atoms with Crippen LogP contribution in [0.4, 0.5) is 0 Å². The number of nitrogens with one attached hydrogen (secondary N) is 1. The topological polar surface area (TPSA) is 90.5 Å². The highest BCUT2D eigenvalue weighted by atomic mass is 79.9. The molecule has 2 heterocycles. The lowest BCUT2D eigenvalue weighted by molar-refractivity contribution is -0.141. The van der Waals surface area contributed by atoms with Crippen molar-refractivity contribution < 1.29 is 14.7 Å². The van der Waals surface area contributed by atoms with Gasteiger partial charge in [0.15, 0.2) is 0 Å². The summed E-state index contributed by atoms with van der Waals surface area (Å²) in [6.07, 6.45) is 2.44. The van der Waals surface area contributed by atoms with E-state index in [1.165, 1.54) is 17.2 Å². The van der Waals surface area contributed by atoms with Gasteiger partial charge in [-0.25, -0.2) is 4.79 Å². The SMILES string of the molecule is O=C(O)[C@@H]1CCCN1C(=O)c1c[nH]c(=O)c(Br)c1. The molecule has 1 aromatic rings. The summed E-state index contributed by atoms with van der Waals surface area (Å²) >= 11 is 3.04. The quantitative estimate of drug-likeness (QED) is 0.846. The van der Waals surface area contributed by atoms with Gasteiger partial charge in [-0.2, -0.15) is 0 Å². The summed E-state index contributed by atoms with van der Waals surface area (Å²) < 4.78 is 0.249. The number of aromatic nitrogens is 1. The van der Waals surface area contributed by atoms with Gasteiger partial charge in [-0.1, -0.05) is 0 Å². The Morgan fingerprint density at radius 3 is 2.83 bits per heavy atom. The molecule has 0 spiro atoms. The number of carbonyl (C=O) groups excluding carboxylic acids is 1. The smallest absolute Gasteiger partial charge is 0.326 e. The number of H-pyrrole nitrogens is 1. The lowest BCUT2D eigenvalue weighted by Gasteiger charge is -2.21. The molecule has 6 nitrogen and oxygen atoms in total. The first-order valence-corrected chi connectivity index (χ1v) is 6.22. The number of halogens is 1. The van der Waals surface area contributed by atoms with E-state index in [0.29, 0.717) is 19.4 Å². The molecular formula is C11H11BrN2O4. The van der Waals surface area contributed by atoms with Gasteiger partial charge < -0.3 is 15.0 Å². The maximum absolute atomic E-state index is 12.1. The minimum absolute atomic E-state index is 0.249. The molecule has 1 fully saturated rings. The van der Waals surface area contributed by atoms with Crippen LogP contribution in [0.25, 0.3) is 0 Å². The number of hydrogen-bond acceptors (Lipinski definition) is 3. The van der Waals surface area contributed by atoms with Gasteiger partial charge in [-0.15, -0.1) is 0 Å². The Morgan fingerprint density at radius 2 is 2.22 bits per heavy atom. The molecule has 96 valence electrons. The van der Waals surface area contributed by atoms with Gasteiger partial charge in [0.25, 0.3) is 11.5 Å². The van der Waals surface area contributed by atoms with Crippen LogP contribution in [0.15, 0.2) is 21.5 Å². The summed E-state index contributed by atoms with van der Waals surface area (Å²) in [5.74, 6) is -1.37. The Labute approximate surface area is 111 Å². The molecule has 18 heavy (non-hydrogen) atoms. The second kappa shape index (κ2) is 4.93. The molecule has 0 bridgehead atoms. The van der Waals surface area contributed by atoms with Crippen LogP contribution >= 0.6 is 15.9 Å². The minimum atomic E-state index is -0.996. The van der Waals surface area contributed by atoms with Gasteiger partial charge in [-0.3, -0.25) is 9.59 Å². The first kappa shape index (κ1) is 12.8. The molecule has 1 saturated heterocycles. The number of aliphatic carboxylic acids is 1. The highest BCUT2D eigenvalue weighted by molar-refractivity contribution is 9.10. The summed E-state index contributed by atoms with van der Waals surface area (Å²) in [6, 6.07) is 0.626. The van der Waals surface area contributed by atoms with E-state index in [1.807, 2.05) is 0 Å². The maximum atomic E-state index is 12.1. The van der Waals surface area contributed by atoms with E-state index >= 15 is 0 Å². The lowest BCUT2D eigenvalue weighted by atomic mass is 10.2. The van der Waals surface area contributed by atoms with Crippen LogP contribution in [0.2, 0.25) is 0 Å². The van der Waals surface area contributed by atoms with Crippen LogP contribution in [-0.2, 0) is 4.79 Å². The number of pyridine rings is 1. The normalized spacial score (nSPS) is 18.9. The number of rotatable bonds is 2. The summed E-state index contributed by atoms with van der Waals surface area (Å²) in [5, 5.41) is 9.02. The average Bonchev–Trinajstić information content (AvgIpc) is 2.81. The predicted molar refractivity (Wildman–Crippen MR) is 66.5 cm³/mol.